The number of alkyl halides is 2. The van der Waals surface area contributed by atoms with E-state index in [4.69, 9.17) is 5.11 Å². The highest BCUT2D eigenvalue weighted by Crippen LogP contribution is 2.23. The maximum atomic E-state index is 12.6. The highest BCUT2D eigenvalue weighted by molar-refractivity contribution is 9.11. The van der Waals surface area contributed by atoms with Gasteiger partial charge in [-0.2, -0.15) is 0 Å². The fourth-order valence-corrected chi connectivity index (χ4v) is 2.81. The highest BCUT2D eigenvalue weighted by atomic mass is 79.9. The van der Waals surface area contributed by atoms with Crippen LogP contribution in [0.25, 0.3) is 0 Å². The van der Waals surface area contributed by atoms with Crippen LogP contribution in [0.2, 0.25) is 0 Å². The molecule has 1 heterocycles. The van der Waals surface area contributed by atoms with Gasteiger partial charge < -0.3 is 10.4 Å². The number of carbonyl (C=O) groups excluding carboxylic acids is 1. The van der Waals surface area contributed by atoms with Gasteiger partial charge in [0, 0.05) is 11.3 Å². The Morgan fingerprint density at radius 1 is 1.50 bits per heavy atom. The zero-order valence-electron chi connectivity index (χ0n) is 9.59. The number of hydrogen-bond acceptors (Lipinski definition) is 3. The second kappa shape index (κ2) is 7.16. The molecule has 18 heavy (non-hydrogen) atoms. The van der Waals surface area contributed by atoms with Crippen LogP contribution in [0, 0.1) is 0 Å². The van der Waals surface area contributed by atoms with Crippen molar-refractivity contribution in [3.63, 3.8) is 0 Å². The third kappa shape index (κ3) is 5.88. The molecule has 0 spiro atoms. The predicted octanol–water partition coefficient (Wildman–Crippen LogP) is 2.58. The fourth-order valence-electron chi connectivity index (χ4n) is 1.28. The van der Waals surface area contributed by atoms with Gasteiger partial charge in [0.15, 0.2) is 0 Å². The Morgan fingerprint density at radius 2 is 2.22 bits per heavy atom. The topological polar surface area (TPSA) is 49.3 Å². The van der Waals surface area contributed by atoms with Gasteiger partial charge in [-0.15, -0.1) is 11.3 Å². The van der Waals surface area contributed by atoms with Crippen LogP contribution in [0.15, 0.2) is 15.9 Å². The van der Waals surface area contributed by atoms with Crippen molar-refractivity contribution >= 4 is 33.2 Å². The quantitative estimate of drug-likeness (QED) is 0.800. The normalized spacial score (nSPS) is 11.6. The monoisotopic (exact) mass is 341 g/mol. The summed E-state index contributed by atoms with van der Waals surface area (Å²) in [7, 11) is 0. The number of nitrogens with one attached hydrogen (secondary N) is 1. The van der Waals surface area contributed by atoms with Crippen LogP contribution < -0.4 is 5.32 Å². The maximum Gasteiger partial charge on any atom is 0.287 e. The molecule has 7 heteroatoms. The van der Waals surface area contributed by atoms with E-state index in [0.29, 0.717) is 6.42 Å². The lowest BCUT2D eigenvalue weighted by atomic mass is 10.2. The molecule has 0 fully saturated rings. The fraction of sp³-hybridized carbons (Fsp3) is 0.545. The van der Waals surface area contributed by atoms with Gasteiger partial charge in [0.2, 0.25) is 5.91 Å². The summed E-state index contributed by atoms with van der Waals surface area (Å²) in [5.41, 5.74) is 0. The van der Waals surface area contributed by atoms with Crippen LogP contribution in [0.3, 0.4) is 0 Å². The average molecular weight is 342 g/mol. The van der Waals surface area contributed by atoms with Crippen LogP contribution in [0.5, 0.6) is 0 Å². The minimum Gasteiger partial charge on any atom is -0.390 e. The van der Waals surface area contributed by atoms with E-state index >= 15 is 0 Å². The molecule has 0 bridgehead atoms. The molecule has 1 aromatic heterocycles. The number of aryl methyl sites for hydroxylation is 1. The summed E-state index contributed by atoms with van der Waals surface area (Å²) in [5, 5.41) is 10.4. The molecule has 1 amide bonds. The molecular weight excluding hydrogens is 328 g/mol. The summed E-state index contributed by atoms with van der Waals surface area (Å²) in [6.07, 6.45) is 1.57. The molecular formula is C11H14BrF2NO2S. The Balaban J connectivity index is 2.18. The number of aliphatic hydroxyl groups is 1. The SMILES string of the molecule is O=C(CCCc1ccc(Br)s1)NCC(F)(F)CO. The van der Waals surface area contributed by atoms with Crippen LogP contribution in [-0.2, 0) is 11.2 Å². The summed E-state index contributed by atoms with van der Waals surface area (Å²) in [4.78, 5) is 12.4. The molecule has 0 radical (unpaired) electrons. The van der Waals surface area contributed by atoms with E-state index in [-0.39, 0.29) is 6.42 Å². The first-order chi connectivity index (χ1) is 8.43. The number of amides is 1. The van der Waals surface area contributed by atoms with E-state index in [1.807, 2.05) is 12.1 Å². The zero-order valence-corrected chi connectivity index (χ0v) is 12.0. The third-order valence-corrected chi connectivity index (χ3v) is 3.91. The molecule has 0 saturated carbocycles. The lowest BCUT2D eigenvalue weighted by Gasteiger charge is -2.13. The summed E-state index contributed by atoms with van der Waals surface area (Å²) < 4.78 is 26.3. The molecule has 0 atom stereocenters. The van der Waals surface area contributed by atoms with E-state index < -0.39 is 25.0 Å². The molecule has 2 N–H and O–H groups in total. The van der Waals surface area contributed by atoms with Gasteiger partial charge in [-0.25, -0.2) is 8.78 Å². The van der Waals surface area contributed by atoms with E-state index in [9.17, 15) is 13.6 Å². The Labute approximate surface area is 116 Å². The first-order valence-corrected chi connectivity index (χ1v) is 7.03. The summed E-state index contributed by atoms with van der Waals surface area (Å²) in [6, 6.07) is 3.90. The number of thiophene rings is 1. The Hall–Kier alpha value is -0.530. The minimum atomic E-state index is -3.24. The van der Waals surface area contributed by atoms with E-state index in [1.54, 1.807) is 11.3 Å². The summed E-state index contributed by atoms with van der Waals surface area (Å²) >= 11 is 4.93. The molecule has 0 unspecified atom stereocenters. The van der Waals surface area contributed by atoms with Gasteiger partial charge in [0.25, 0.3) is 5.92 Å². The smallest absolute Gasteiger partial charge is 0.287 e. The number of hydrogen-bond donors (Lipinski definition) is 2. The van der Waals surface area contributed by atoms with Gasteiger partial charge in [0.05, 0.1) is 10.3 Å². The molecule has 0 aromatic carbocycles. The summed E-state index contributed by atoms with van der Waals surface area (Å²) in [5.74, 6) is -3.66. The Morgan fingerprint density at radius 3 is 2.78 bits per heavy atom. The van der Waals surface area contributed by atoms with Crippen molar-refractivity contribution in [1.82, 2.24) is 5.32 Å². The molecule has 0 aliphatic heterocycles. The van der Waals surface area contributed by atoms with Gasteiger partial charge in [-0.1, -0.05) is 0 Å². The first-order valence-electron chi connectivity index (χ1n) is 5.42. The van der Waals surface area contributed by atoms with Crippen molar-refractivity contribution in [2.24, 2.45) is 0 Å². The van der Waals surface area contributed by atoms with Crippen molar-refractivity contribution in [2.45, 2.75) is 25.2 Å². The van der Waals surface area contributed by atoms with E-state index in [2.05, 4.69) is 21.2 Å². The third-order valence-electron chi connectivity index (χ3n) is 2.23. The molecule has 0 aliphatic carbocycles. The molecule has 1 rings (SSSR count). The second-order valence-corrected chi connectivity index (χ2v) is 6.40. The maximum absolute atomic E-state index is 12.6. The number of halogens is 3. The van der Waals surface area contributed by atoms with Crippen LogP contribution in [0.1, 0.15) is 17.7 Å². The van der Waals surface area contributed by atoms with Gasteiger partial charge in [-0.05, 0) is 40.9 Å². The number of carbonyl (C=O) groups is 1. The Bertz CT molecular complexity index is 398. The lowest BCUT2D eigenvalue weighted by Crippen LogP contribution is -2.38. The highest BCUT2D eigenvalue weighted by Gasteiger charge is 2.27. The van der Waals surface area contributed by atoms with E-state index in [1.165, 1.54) is 0 Å². The predicted molar refractivity (Wildman–Crippen MR) is 70.0 cm³/mol. The van der Waals surface area contributed by atoms with Crippen LogP contribution in [-0.4, -0.2) is 30.1 Å². The molecule has 102 valence electrons. The molecule has 0 aliphatic rings. The zero-order chi connectivity index (χ0) is 13.6. The molecule has 1 aromatic rings. The molecule has 0 saturated heterocycles. The standard InChI is InChI=1S/C11H14BrF2NO2S/c12-9-5-4-8(18-9)2-1-3-10(17)15-6-11(13,14)7-16/h4-5,16H,1-3,6-7H2,(H,15,17). The van der Waals surface area contributed by atoms with Crippen molar-refractivity contribution in [3.05, 3.63) is 20.8 Å². The average Bonchev–Trinajstić information content (AvgIpc) is 2.73. The summed E-state index contributed by atoms with van der Waals surface area (Å²) in [6.45, 7) is -2.07. The number of rotatable bonds is 7. The van der Waals surface area contributed by atoms with Crippen LogP contribution >= 0.6 is 27.3 Å². The van der Waals surface area contributed by atoms with Crippen molar-refractivity contribution in [2.75, 3.05) is 13.2 Å². The number of aliphatic hydroxyl groups excluding tert-OH is 1. The van der Waals surface area contributed by atoms with Crippen molar-refractivity contribution in [1.29, 1.82) is 0 Å². The lowest BCUT2D eigenvalue weighted by molar-refractivity contribution is -0.124. The minimum absolute atomic E-state index is 0.205. The Kier molecular flexibility index (Phi) is 6.17. The van der Waals surface area contributed by atoms with E-state index in [0.717, 1.165) is 15.1 Å². The van der Waals surface area contributed by atoms with Crippen LogP contribution in [0.4, 0.5) is 8.78 Å². The van der Waals surface area contributed by atoms with Gasteiger partial charge in [0.1, 0.15) is 6.61 Å². The largest absolute Gasteiger partial charge is 0.390 e. The van der Waals surface area contributed by atoms with Crippen molar-refractivity contribution < 1.29 is 18.7 Å². The molecule has 3 nitrogen and oxygen atoms in total. The first kappa shape index (κ1) is 15.5. The van der Waals surface area contributed by atoms with Crippen molar-refractivity contribution in [3.8, 4) is 0 Å². The van der Waals surface area contributed by atoms with Gasteiger partial charge in [-0.3, -0.25) is 4.79 Å². The second-order valence-electron chi connectivity index (χ2n) is 3.85. The van der Waals surface area contributed by atoms with Gasteiger partial charge >= 0.3 is 0 Å².